The van der Waals surface area contributed by atoms with Crippen LogP contribution in [0.4, 0.5) is 0 Å². The van der Waals surface area contributed by atoms with Gasteiger partial charge in [-0.25, -0.2) is 0 Å². The molecule has 1 aromatic heterocycles. The van der Waals surface area contributed by atoms with Gasteiger partial charge in [0.25, 0.3) is 0 Å². The average molecular weight is 224 g/mol. The van der Waals surface area contributed by atoms with Crippen LogP contribution in [0.2, 0.25) is 0 Å². The molecule has 0 radical (unpaired) electrons. The molecule has 16 heavy (non-hydrogen) atoms. The normalized spacial score (nSPS) is 10.9. The SMILES string of the molecule is CCC(CC)n1ccc(CNCC(N)=O)n1. The number of carbonyl (C=O) groups excluding carboxylic acids is 1. The van der Waals surface area contributed by atoms with Crippen LogP contribution in [-0.4, -0.2) is 22.2 Å². The molecule has 3 N–H and O–H groups in total. The Balaban J connectivity index is 2.47. The van der Waals surface area contributed by atoms with Crippen molar-refractivity contribution < 1.29 is 4.79 Å². The molecule has 5 nitrogen and oxygen atoms in total. The summed E-state index contributed by atoms with van der Waals surface area (Å²) in [5.74, 6) is -0.348. The lowest BCUT2D eigenvalue weighted by molar-refractivity contribution is -0.117. The lowest BCUT2D eigenvalue weighted by atomic mass is 10.2. The van der Waals surface area contributed by atoms with Gasteiger partial charge in [-0.15, -0.1) is 0 Å². The molecule has 1 aromatic rings. The Bertz CT molecular complexity index is 330. The van der Waals surface area contributed by atoms with E-state index in [-0.39, 0.29) is 12.5 Å². The largest absolute Gasteiger partial charge is 0.369 e. The van der Waals surface area contributed by atoms with Gasteiger partial charge in [0, 0.05) is 12.7 Å². The zero-order chi connectivity index (χ0) is 12.0. The highest BCUT2D eigenvalue weighted by atomic mass is 16.1. The topological polar surface area (TPSA) is 72.9 Å². The lowest BCUT2D eigenvalue weighted by Gasteiger charge is -2.12. The van der Waals surface area contributed by atoms with Crippen LogP contribution >= 0.6 is 0 Å². The summed E-state index contributed by atoms with van der Waals surface area (Å²) in [5, 5.41) is 7.39. The van der Waals surface area contributed by atoms with Crippen molar-refractivity contribution in [2.24, 2.45) is 5.73 Å². The first-order valence-corrected chi connectivity index (χ1v) is 5.70. The molecule has 0 aliphatic carbocycles. The first-order valence-electron chi connectivity index (χ1n) is 5.70. The summed E-state index contributed by atoms with van der Waals surface area (Å²) in [5.41, 5.74) is 5.96. The Labute approximate surface area is 96.0 Å². The molecular formula is C11H20N4O. The highest BCUT2D eigenvalue weighted by Crippen LogP contribution is 2.14. The van der Waals surface area contributed by atoms with Gasteiger partial charge < -0.3 is 11.1 Å². The van der Waals surface area contributed by atoms with E-state index in [1.807, 2.05) is 16.9 Å². The molecule has 0 aromatic carbocycles. The van der Waals surface area contributed by atoms with Gasteiger partial charge in [0.1, 0.15) is 0 Å². The second-order valence-corrected chi connectivity index (χ2v) is 3.83. The number of nitrogens with zero attached hydrogens (tertiary/aromatic N) is 2. The smallest absolute Gasteiger partial charge is 0.231 e. The van der Waals surface area contributed by atoms with E-state index in [0.29, 0.717) is 12.6 Å². The van der Waals surface area contributed by atoms with Crippen molar-refractivity contribution in [1.29, 1.82) is 0 Å². The molecule has 1 amide bonds. The van der Waals surface area contributed by atoms with E-state index in [4.69, 9.17) is 5.73 Å². The summed E-state index contributed by atoms with van der Waals surface area (Å²) in [7, 11) is 0. The molecule has 0 bridgehead atoms. The number of hydrogen-bond donors (Lipinski definition) is 2. The van der Waals surface area contributed by atoms with E-state index >= 15 is 0 Å². The Morgan fingerprint density at radius 3 is 2.81 bits per heavy atom. The number of nitrogens with two attached hydrogens (primary N) is 1. The molecular weight excluding hydrogens is 204 g/mol. The maximum Gasteiger partial charge on any atom is 0.231 e. The molecule has 90 valence electrons. The first kappa shape index (κ1) is 12.7. The predicted molar refractivity (Wildman–Crippen MR) is 62.7 cm³/mol. The van der Waals surface area contributed by atoms with E-state index in [9.17, 15) is 4.79 Å². The summed E-state index contributed by atoms with van der Waals surface area (Å²) in [6.07, 6.45) is 4.14. The summed E-state index contributed by atoms with van der Waals surface area (Å²) in [6.45, 7) is 5.08. The van der Waals surface area contributed by atoms with E-state index in [1.165, 1.54) is 0 Å². The van der Waals surface area contributed by atoms with Crippen molar-refractivity contribution in [3.8, 4) is 0 Å². The molecule has 0 fully saturated rings. The number of carbonyl (C=O) groups is 1. The second-order valence-electron chi connectivity index (χ2n) is 3.83. The molecule has 0 aliphatic heterocycles. The number of nitrogens with one attached hydrogen (secondary N) is 1. The molecule has 0 saturated carbocycles. The molecule has 0 aliphatic rings. The maximum absolute atomic E-state index is 10.5. The molecule has 5 heteroatoms. The van der Waals surface area contributed by atoms with Crippen molar-refractivity contribution in [2.45, 2.75) is 39.3 Å². The Morgan fingerprint density at radius 1 is 1.56 bits per heavy atom. The average Bonchev–Trinajstić information content (AvgIpc) is 2.68. The van der Waals surface area contributed by atoms with Gasteiger partial charge in [0.2, 0.25) is 5.91 Å². The van der Waals surface area contributed by atoms with Gasteiger partial charge in [-0.2, -0.15) is 5.10 Å². The van der Waals surface area contributed by atoms with Crippen LogP contribution in [0.3, 0.4) is 0 Å². The second kappa shape index (κ2) is 6.27. The van der Waals surface area contributed by atoms with Crippen LogP contribution in [0, 0.1) is 0 Å². The van der Waals surface area contributed by atoms with Crippen LogP contribution in [0.1, 0.15) is 38.4 Å². The molecule has 1 rings (SSSR count). The minimum absolute atomic E-state index is 0.192. The predicted octanol–water partition coefficient (Wildman–Crippen LogP) is 0.819. The fourth-order valence-corrected chi connectivity index (χ4v) is 1.65. The van der Waals surface area contributed by atoms with Crippen LogP contribution in [0.15, 0.2) is 12.3 Å². The third kappa shape index (κ3) is 3.66. The quantitative estimate of drug-likeness (QED) is 0.720. The van der Waals surface area contributed by atoms with Gasteiger partial charge >= 0.3 is 0 Å². The molecule has 0 spiro atoms. The molecule has 1 heterocycles. The van der Waals surface area contributed by atoms with Gasteiger partial charge in [-0.05, 0) is 18.9 Å². The van der Waals surface area contributed by atoms with E-state index in [2.05, 4.69) is 24.3 Å². The Hall–Kier alpha value is -1.36. The van der Waals surface area contributed by atoms with Gasteiger partial charge in [-0.3, -0.25) is 9.48 Å². The molecule has 0 unspecified atom stereocenters. The fraction of sp³-hybridized carbons (Fsp3) is 0.636. The van der Waals surface area contributed by atoms with E-state index < -0.39 is 0 Å². The minimum Gasteiger partial charge on any atom is -0.369 e. The Kier molecular flexibility index (Phi) is 4.98. The van der Waals surface area contributed by atoms with E-state index in [1.54, 1.807) is 0 Å². The summed E-state index contributed by atoms with van der Waals surface area (Å²) in [4.78, 5) is 10.5. The number of hydrogen-bond acceptors (Lipinski definition) is 3. The Morgan fingerprint density at radius 2 is 2.25 bits per heavy atom. The van der Waals surface area contributed by atoms with Crippen molar-refractivity contribution in [1.82, 2.24) is 15.1 Å². The lowest BCUT2D eigenvalue weighted by Crippen LogP contribution is -2.28. The van der Waals surface area contributed by atoms with Crippen LogP contribution in [0.25, 0.3) is 0 Å². The van der Waals surface area contributed by atoms with Crippen molar-refractivity contribution in [3.63, 3.8) is 0 Å². The summed E-state index contributed by atoms with van der Waals surface area (Å²) < 4.78 is 1.99. The molecule has 0 saturated heterocycles. The van der Waals surface area contributed by atoms with Crippen LogP contribution in [-0.2, 0) is 11.3 Å². The highest BCUT2D eigenvalue weighted by Gasteiger charge is 2.07. The number of amides is 1. The van der Waals surface area contributed by atoms with Crippen LogP contribution < -0.4 is 11.1 Å². The number of aromatic nitrogens is 2. The minimum atomic E-state index is -0.348. The summed E-state index contributed by atoms with van der Waals surface area (Å²) >= 11 is 0. The standard InChI is InChI=1S/C11H20N4O/c1-3-10(4-2)15-6-5-9(14-15)7-13-8-11(12)16/h5-6,10,13H,3-4,7-8H2,1-2H3,(H2,12,16). The van der Waals surface area contributed by atoms with Gasteiger partial charge in [0.15, 0.2) is 0 Å². The first-order chi connectivity index (χ1) is 7.67. The highest BCUT2D eigenvalue weighted by molar-refractivity contribution is 5.75. The zero-order valence-corrected chi connectivity index (χ0v) is 9.94. The van der Waals surface area contributed by atoms with Gasteiger partial charge in [0.05, 0.1) is 18.3 Å². The zero-order valence-electron chi connectivity index (χ0n) is 9.94. The number of rotatable bonds is 7. The van der Waals surface area contributed by atoms with Crippen molar-refractivity contribution in [3.05, 3.63) is 18.0 Å². The third-order valence-electron chi connectivity index (χ3n) is 2.59. The molecule has 0 atom stereocenters. The van der Waals surface area contributed by atoms with Gasteiger partial charge in [-0.1, -0.05) is 13.8 Å². The van der Waals surface area contributed by atoms with Crippen LogP contribution in [0.5, 0.6) is 0 Å². The monoisotopic (exact) mass is 224 g/mol. The summed E-state index contributed by atoms with van der Waals surface area (Å²) in [6, 6.07) is 2.43. The van der Waals surface area contributed by atoms with Crippen molar-refractivity contribution >= 4 is 5.91 Å². The third-order valence-corrected chi connectivity index (χ3v) is 2.59. The fourth-order valence-electron chi connectivity index (χ4n) is 1.65. The maximum atomic E-state index is 10.5. The van der Waals surface area contributed by atoms with E-state index in [0.717, 1.165) is 18.5 Å². The van der Waals surface area contributed by atoms with Crippen molar-refractivity contribution in [2.75, 3.05) is 6.54 Å². The number of primary amides is 1.